The lowest BCUT2D eigenvalue weighted by Gasteiger charge is -2.19. The summed E-state index contributed by atoms with van der Waals surface area (Å²) in [5.41, 5.74) is 3.38. The first-order valence-electron chi connectivity index (χ1n) is 12.4. The van der Waals surface area contributed by atoms with Crippen molar-refractivity contribution in [2.75, 3.05) is 16.3 Å². The molecule has 2 aliphatic carbocycles. The second kappa shape index (κ2) is 8.04. The van der Waals surface area contributed by atoms with Crippen LogP contribution in [0.2, 0.25) is 0 Å². The number of anilines is 2. The molecule has 2 aromatic rings. The van der Waals surface area contributed by atoms with Gasteiger partial charge in [0.05, 0.1) is 23.4 Å². The van der Waals surface area contributed by atoms with Crippen LogP contribution in [0.3, 0.4) is 0 Å². The Hall–Kier alpha value is -3.48. The molecule has 0 N–H and O–H groups in total. The van der Waals surface area contributed by atoms with Gasteiger partial charge in [0.2, 0.25) is 17.7 Å². The minimum absolute atomic E-state index is 0.0899. The average molecular weight is 473 g/mol. The first-order valence-corrected chi connectivity index (χ1v) is 12.4. The number of ether oxygens (including phenoxy) is 1. The Morgan fingerprint density at radius 1 is 0.914 bits per heavy atom. The van der Waals surface area contributed by atoms with Crippen LogP contribution >= 0.6 is 0 Å². The number of amides is 3. The maximum Gasteiger partial charge on any atom is 0.316 e. The molecule has 3 amide bonds. The van der Waals surface area contributed by atoms with Crippen molar-refractivity contribution in [3.05, 3.63) is 53.6 Å². The van der Waals surface area contributed by atoms with E-state index in [1.807, 2.05) is 32.0 Å². The van der Waals surface area contributed by atoms with Crippen LogP contribution in [0.5, 0.6) is 5.75 Å². The normalized spacial score (nSPS) is 29.3. The van der Waals surface area contributed by atoms with E-state index < -0.39 is 11.9 Å². The van der Waals surface area contributed by atoms with E-state index >= 15 is 0 Å². The molecule has 0 aromatic heterocycles. The number of imide groups is 1. The molecule has 6 rings (SSSR count). The molecule has 5 atom stereocenters. The molecule has 2 saturated carbocycles. The van der Waals surface area contributed by atoms with Gasteiger partial charge in [-0.3, -0.25) is 24.1 Å². The summed E-state index contributed by atoms with van der Waals surface area (Å²) in [5.74, 6) is -0.625. The van der Waals surface area contributed by atoms with E-state index in [1.54, 1.807) is 29.2 Å². The SMILES string of the molecule is Cc1ccc(C)c(N2C[C@H](C(=O)Oc3ccc(N4C(=O)[C@H]5[C@H]6CC[C@@H](C6)[C@@H]5C4=O)cc3)CC2=O)c1. The van der Waals surface area contributed by atoms with Crippen LogP contribution in [-0.2, 0) is 19.2 Å². The van der Waals surface area contributed by atoms with Gasteiger partial charge in [-0.15, -0.1) is 0 Å². The van der Waals surface area contributed by atoms with Crippen molar-refractivity contribution in [3.63, 3.8) is 0 Å². The molecule has 4 fully saturated rings. The highest BCUT2D eigenvalue weighted by Gasteiger charge is 2.61. The summed E-state index contributed by atoms with van der Waals surface area (Å²) in [6.07, 6.45) is 3.18. The molecule has 4 aliphatic rings. The molecule has 0 radical (unpaired) electrons. The predicted octanol–water partition coefficient (Wildman–Crippen LogP) is 3.80. The Morgan fingerprint density at radius 3 is 2.23 bits per heavy atom. The lowest BCUT2D eigenvalue weighted by atomic mass is 9.81. The van der Waals surface area contributed by atoms with Crippen molar-refractivity contribution in [1.82, 2.24) is 0 Å². The summed E-state index contributed by atoms with van der Waals surface area (Å²) in [5, 5.41) is 0. The summed E-state index contributed by atoms with van der Waals surface area (Å²) < 4.78 is 5.57. The lowest BCUT2D eigenvalue weighted by Crippen LogP contribution is -2.32. The molecule has 2 aromatic carbocycles. The van der Waals surface area contributed by atoms with Gasteiger partial charge in [0.1, 0.15) is 5.75 Å². The number of nitrogens with zero attached hydrogens (tertiary/aromatic N) is 2. The van der Waals surface area contributed by atoms with E-state index in [0.29, 0.717) is 23.3 Å². The zero-order chi connectivity index (χ0) is 24.4. The lowest BCUT2D eigenvalue weighted by molar-refractivity contribution is -0.139. The van der Waals surface area contributed by atoms with Crippen LogP contribution in [0.25, 0.3) is 0 Å². The molecule has 0 spiro atoms. The number of benzene rings is 2. The monoisotopic (exact) mass is 472 g/mol. The van der Waals surface area contributed by atoms with Crippen LogP contribution in [0.4, 0.5) is 11.4 Å². The maximum atomic E-state index is 13.0. The standard InChI is InChI=1S/C28H28N2O5/c1-15-3-4-16(2)22(11-15)29-14-19(13-23(29)31)28(34)35-21-9-7-20(8-10-21)30-26(32)24-17-5-6-18(12-17)25(24)27(30)33/h3-4,7-11,17-19,24-25H,5-6,12-14H2,1-2H3/t17-,18-,19+,24-,25-/m0/s1. The van der Waals surface area contributed by atoms with Crippen molar-refractivity contribution < 1.29 is 23.9 Å². The molecular weight excluding hydrogens is 444 g/mol. The van der Waals surface area contributed by atoms with E-state index in [-0.39, 0.29) is 42.5 Å². The Kier molecular flexibility index (Phi) is 5.06. The minimum atomic E-state index is -0.557. The summed E-state index contributed by atoms with van der Waals surface area (Å²) >= 11 is 0. The smallest absolute Gasteiger partial charge is 0.316 e. The highest BCUT2D eigenvalue weighted by atomic mass is 16.5. The average Bonchev–Trinajstić information content (AvgIpc) is 3.60. The fourth-order valence-electron chi connectivity index (χ4n) is 6.63. The van der Waals surface area contributed by atoms with Gasteiger partial charge in [-0.25, -0.2) is 0 Å². The number of rotatable bonds is 4. The Balaban J connectivity index is 1.13. The number of aryl methyl sites for hydroxylation is 2. The minimum Gasteiger partial charge on any atom is -0.426 e. The van der Waals surface area contributed by atoms with Gasteiger partial charge in [0.25, 0.3) is 0 Å². The van der Waals surface area contributed by atoms with Gasteiger partial charge < -0.3 is 9.64 Å². The summed E-state index contributed by atoms with van der Waals surface area (Å²) in [4.78, 5) is 54.5. The van der Waals surface area contributed by atoms with E-state index in [1.165, 1.54) is 4.90 Å². The Bertz CT molecular complexity index is 1220. The molecule has 180 valence electrons. The number of esters is 1. The van der Waals surface area contributed by atoms with E-state index in [2.05, 4.69) is 0 Å². The Labute approximate surface area is 204 Å². The topological polar surface area (TPSA) is 84.0 Å². The van der Waals surface area contributed by atoms with Crippen molar-refractivity contribution in [2.24, 2.45) is 29.6 Å². The van der Waals surface area contributed by atoms with E-state index in [9.17, 15) is 19.2 Å². The Morgan fingerprint density at radius 2 is 1.57 bits per heavy atom. The number of fused-ring (bicyclic) bond motifs is 5. The molecule has 7 heteroatoms. The van der Waals surface area contributed by atoms with Crippen molar-refractivity contribution in [1.29, 1.82) is 0 Å². The molecule has 35 heavy (non-hydrogen) atoms. The number of hydrogen-bond acceptors (Lipinski definition) is 5. The summed E-state index contributed by atoms with van der Waals surface area (Å²) in [7, 11) is 0. The molecule has 0 unspecified atom stereocenters. The van der Waals surface area contributed by atoms with Gasteiger partial charge in [-0.2, -0.15) is 0 Å². The first kappa shape index (κ1) is 22.0. The first-order chi connectivity index (χ1) is 16.8. The summed E-state index contributed by atoms with van der Waals surface area (Å²) in [6.45, 7) is 4.20. The van der Waals surface area contributed by atoms with Crippen molar-refractivity contribution in [2.45, 2.75) is 39.5 Å². The van der Waals surface area contributed by atoms with Gasteiger partial charge in [-0.1, -0.05) is 12.1 Å². The zero-order valence-corrected chi connectivity index (χ0v) is 19.9. The highest BCUT2D eigenvalue weighted by molar-refractivity contribution is 6.22. The third kappa shape index (κ3) is 3.48. The van der Waals surface area contributed by atoms with Crippen molar-refractivity contribution >= 4 is 35.1 Å². The largest absolute Gasteiger partial charge is 0.426 e. The van der Waals surface area contributed by atoms with Gasteiger partial charge >= 0.3 is 5.97 Å². The quantitative estimate of drug-likeness (QED) is 0.384. The number of carbonyl (C=O) groups excluding carboxylic acids is 4. The molecule has 2 aliphatic heterocycles. The zero-order valence-electron chi connectivity index (χ0n) is 19.9. The van der Waals surface area contributed by atoms with E-state index in [0.717, 1.165) is 36.1 Å². The van der Waals surface area contributed by atoms with Crippen LogP contribution in [-0.4, -0.2) is 30.2 Å². The van der Waals surface area contributed by atoms with E-state index in [4.69, 9.17) is 4.74 Å². The van der Waals surface area contributed by atoms with Gasteiger partial charge in [0.15, 0.2) is 0 Å². The second-order valence-corrected chi connectivity index (χ2v) is 10.5. The maximum absolute atomic E-state index is 13.0. The molecule has 2 saturated heterocycles. The second-order valence-electron chi connectivity index (χ2n) is 10.5. The van der Waals surface area contributed by atoms with Gasteiger partial charge in [-0.05, 0) is 86.4 Å². The number of hydrogen-bond donors (Lipinski definition) is 0. The molecular formula is C28H28N2O5. The third-order valence-electron chi connectivity index (χ3n) is 8.35. The van der Waals surface area contributed by atoms with Crippen LogP contribution in [0, 0.1) is 43.4 Å². The van der Waals surface area contributed by atoms with Crippen molar-refractivity contribution in [3.8, 4) is 5.75 Å². The third-order valence-corrected chi connectivity index (χ3v) is 8.35. The van der Waals surface area contributed by atoms with Gasteiger partial charge in [0, 0.05) is 18.7 Å². The highest BCUT2D eigenvalue weighted by Crippen LogP contribution is 2.56. The molecule has 2 heterocycles. The van der Waals surface area contributed by atoms with Crippen LogP contribution in [0.1, 0.15) is 36.8 Å². The number of carbonyl (C=O) groups is 4. The molecule has 7 nitrogen and oxygen atoms in total. The summed E-state index contributed by atoms with van der Waals surface area (Å²) in [6, 6.07) is 12.5. The fourth-order valence-corrected chi connectivity index (χ4v) is 6.63. The predicted molar refractivity (Wildman–Crippen MR) is 129 cm³/mol. The van der Waals surface area contributed by atoms with Crippen LogP contribution < -0.4 is 14.5 Å². The molecule has 2 bridgehead atoms. The fraction of sp³-hybridized carbons (Fsp3) is 0.429. The van der Waals surface area contributed by atoms with Crippen LogP contribution in [0.15, 0.2) is 42.5 Å².